The predicted molar refractivity (Wildman–Crippen MR) is 46.3 cm³/mol. The van der Waals surface area contributed by atoms with Crippen molar-refractivity contribution in [3.05, 3.63) is 35.1 Å². The number of hydrogen-bond acceptors (Lipinski definition) is 3. The fourth-order valence-corrected chi connectivity index (χ4v) is 1.05. The molecule has 0 atom stereocenters. The largest absolute Gasteiger partial charge is 0.465 e. The number of rotatable bonds is 2. The van der Waals surface area contributed by atoms with Crippen LogP contribution in [0.5, 0.6) is 0 Å². The number of benzene rings is 1. The maximum Gasteiger partial charge on any atom is 0.338 e. The van der Waals surface area contributed by atoms with Gasteiger partial charge in [0, 0.05) is 0 Å². The van der Waals surface area contributed by atoms with Crippen LogP contribution >= 0.6 is 0 Å². The molecule has 0 saturated heterocycles. The maximum atomic E-state index is 13.1. The topological polar surface area (TPSA) is 69.4 Å². The second kappa shape index (κ2) is 3.87. The Morgan fingerprint density at radius 2 is 2.07 bits per heavy atom. The number of hydrogen-bond donors (Lipinski definition) is 1. The van der Waals surface area contributed by atoms with E-state index in [2.05, 4.69) is 4.74 Å². The lowest BCUT2D eigenvalue weighted by Crippen LogP contribution is -2.19. The summed E-state index contributed by atoms with van der Waals surface area (Å²) >= 11 is 0. The molecule has 4 nitrogen and oxygen atoms in total. The van der Waals surface area contributed by atoms with Gasteiger partial charge in [0.25, 0.3) is 5.91 Å². The number of primary amides is 1. The van der Waals surface area contributed by atoms with Gasteiger partial charge in [-0.1, -0.05) is 6.07 Å². The van der Waals surface area contributed by atoms with Gasteiger partial charge in [-0.05, 0) is 12.1 Å². The number of carbonyl (C=O) groups excluding carboxylic acids is 2. The van der Waals surface area contributed by atoms with Gasteiger partial charge >= 0.3 is 5.97 Å². The molecule has 5 heteroatoms. The highest BCUT2D eigenvalue weighted by Gasteiger charge is 2.19. The van der Waals surface area contributed by atoms with Crippen LogP contribution in [0.4, 0.5) is 4.39 Å². The quantitative estimate of drug-likeness (QED) is 0.710. The highest BCUT2D eigenvalue weighted by molar-refractivity contribution is 6.04. The second-order valence-electron chi connectivity index (χ2n) is 2.52. The minimum Gasteiger partial charge on any atom is -0.465 e. The Morgan fingerprint density at radius 3 is 2.57 bits per heavy atom. The molecule has 74 valence electrons. The van der Waals surface area contributed by atoms with Crippen LogP contribution in [0, 0.1) is 5.82 Å². The molecule has 2 N–H and O–H groups in total. The van der Waals surface area contributed by atoms with Crippen molar-refractivity contribution in [2.24, 2.45) is 5.73 Å². The first-order valence-corrected chi connectivity index (χ1v) is 3.74. The monoisotopic (exact) mass is 197 g/mol. The van der Waals surface area contributed by atoms with Crippen LogP contribution < -0.4 is 5.73 Å². The summed E-state index contributed by atoms with van der Waals surface area (Å²) in [6, 6.07) is 3.62. The van der Waals surface area contributed by atoms with E-state index in [1.54, 1.807) is 0 Å². The van der Waals surface area contributed by atoms with Crippen molar-refractivity contribution in [3.8, 4) is 0 Å². The molecule has 0 unspecified atom stereocenters. The Morgan fingerprint density at radius 1 is 1.43 bits per heavy atom. The molecule has 0 aliphatic carbocycles. The third-order valence-electron chi connectivity index (χ3n) is 1.67. The van der Waals surface area contributed by atoms with Gasteiger partial charge in [0.05, 0.1) is 18.2 Å². The number of carbonyl (C=O) groups is 2. The zero-order chi connectivity index (χ0) is 10.7. The lowest BCUT2D eigenvalue weighted by molar-refractivity contribution is 0.0596. The summed E-state index contributed by atoms with van der Waals surface area (Å²) in [6.45, 7) is 0. The zero-order valence-electron chi connectivity index (χ0n) is 7.41. The SMILES string of the molecule is COC(=O)c1cccc(F)c1C(N)=O. The summed E-state index contributed by atoms with van der Waals surface area (Å²) in [6.07, 6.45) is 0. The molecule has 0 radical (unpaired) electrons. The van der Waals surface area contributed by atoms with Crippen LogP contribution in [-0.2, 0) is 4.74 Å². The predicted octanol–water partition coefficient (Wildman–Crippen LogP) is 0.711. The van der Waals surface area contributed by atoms with Gasteiger partial charge in [0.15, 0.2) is 0 Å². The Kier molecular flexibility index (Phi) is 2.81. The van der Waals surface area contributed by atoms with E-state index in [0.29, 0.717) is 0 Å². The molecule has 0 aliphatic heterocycles. The second-order valence-corrected chi connectivity index (χ2v) is 2.52. The molecule has 14 heavy (non-hydrogen) atoms. The third kappa shape index (κ3) is 1.71. The average Bonchev–Trinajstić information content (AvgIpc) is 2.15. The van der Waals surface area contributed by atoms with Gasteiger partial charge in [-0.15, -0.1) is 0 Å². The van der Waals surface area contributed by atoms with Crippen LogP contribution in [0.2, 0.25) is 0 Å². The Hall–Kier alpha value is -1.91. The van der Waals surface area contributed by atoms with Crippen LogP contribution in [0.1, 0.15) is 20.7 Å². The maximum absolute atomic E-state index is 13.1. The van der Waals surface area contributed by atoms with Crippen molar-refractivity contribution in [1.82, 2.24) is 0 Å². The van der Waals surface area contributed by atoms with Crippen LogP contribution in [-0.4, -0.2) is 19.0 Å². The number of nitrogens with two attached hydrogens (primary N) is 1. The number of halogens is 1. The van der Waals surface area contributed by atoms with Crippen molar-refractivity contribution < 1.29 is 18.7 Å². The van der Waals surface area contributed by atoms with Crippen LogP contribution in [0.25, 0.3) is 0 Å². The first kappa shape index (κ1) is 10.2. The lowest BCUT2D eigenvalue weighted by atomic mass is 10.1. The molecule has 0 fully saturated rings. The van der Waals surface area contributed by atoms with Gasteiger partial charge in [-0.3, -0.25) is 4.79 Å². The van der Waals surface area contributed by atoms with E-state index >= 15 is 0 Å². The fourth-order valence-electron chi connectivity index (χ4n) is 1.05. The van der Waals surface area contributed by atoms with Gasteiger partial charge < -0.3 is 10.5 Å². The normalized spacial score (nSPS) is 9.57. The first-order chi connectivity index (χ1) is 6.57. The molecule has 0 heterocycles. The zero-order valence-corrected chi connectivity index (χ0v) is 7.41. The molecule has 0 saturated carbocycles. The molecule has 0 bridgehead atoms. The van der Waals surface area contributed by atoms with Gasteiger partial charge in [0.1, 0.15) is 5.82 Å². The minimum atomic E-state index is -0.997. The standard InChI is InChI=1S/C9H8FNO3/c1-14-9(13)5-3-2-4-6(10)7(5)8(11)12/h2-4H,1H3,(H2,11,12). The molecule has 1 rings (SSSR count). The van der Waals surface area contributed by atoms with E-state index < -0.39 is 23.3 Å². The van der Waals surface area contributed by atoms with Crippen molar-refractivity contribution in [3.63, 3.8) is 0 Å². The molecule has 1 aromatic rings. The van der Waals surface area contributed by atoms with Crippen molar-refractivity contribution in [1.29, 1.82) is 0 Å². The lowest BCUT2D eigenvalue weighted by Gasteiger charge is -2.04. The summed E-state index contributed by atoms with van der Waals surface area (Å²) in [7, 11) is 1.14. The highest BCUT2D eigenvalue weighted by Crippen LogP contribution is 2.13. The molecule has 0 aromatic heterocycles. The average molecular weight is 197 g/mol. The molecular weight excluding hydrogens is 189 g/mol. The Balaban J connectivity index is 3.35. The van der Waals surface area contributed by atoms with E-state index in [9.17, 15) is 14.0 Å². The molecule has 0 aliphatic rings. The van der Waals surface area contributed by atoms with E-state index in [-0.39, 0.29) is 5.56 Å². The van der Waals surface area contributed by atoms with E-state index in [1.807, 2.05) is 0 Å². The van der Waals surface area contributed by atoms with Crippen molar-refractivity contribution in [2.75, 3.05) is 7.11 Å². The summed E-state index contributed by atoms with van der Waals surface area (Å²) in [5, 5.41) is 0. The third-order valence-corrected chi connectivity index (χ3v) is 1.67. The Bertz CT molecular complexity index is 390. The summed E-state index contributed by atoms with van der Waals surface area (Å²) in [4.78, 5) is 21.9. The van der Waals surface area contributed by atoms with Gasteiger partial charge in [0.2, 0.25) is 0 Å². The fraction of sp³-hybridized carbons (Fsp3) is 0.111. The molecular formula is C9H8FNO3. The summed E-state index contributed by atoms with van der Waals surface area (Å²) in [5.41, 5.74) is 4.31. The van der Waals surface area contributed by atoms with Gasteiger partial charge in [-0.2, -0.15) is 0 Å². The Labute approximate surface area is 79.5 Å². The smallest absolute Gasteiger partial charge is 0.338 e. The van der Waals surface area contributed by atoms with E-state index in [0.717, 1.165) is 13.2 Å². The van der Waals surface area contributed by atoms with Crippen molar-refractivity contribution in [2.45, 2.75) is 0 Å². The molecule has 1 aromatic carbocycles. The van der Waals surface area contributed by atoms with Gasteiger partial charge in [-0.25, -0.2) is 9.18 Å². The number of ether oxygens (including phenoxy) is 1. The number of amides is 1. The van der Waals surface area contributed by atoms with E-state index in [4.69, 9.17) is 5.73 Å². The van der Waals surface area contributed by atoms with Crippen molar-refractivity contribution >= 4 is 11.9 Å². The van der Waals surface area contributed by atoms with Crippen LogP contribution in [0.3, 0.4) is 0 Å². The highest BCUT2D eigenvalue weighted by atomic mass is 19.1. The molecule has 1 amide bonds. The summed E-state index contributed by atoms with van der Waals surface area (Å²) < 4.78 is 17.5. The molecule has 0 spiro atoms. The first-order valence-electron chi connectivity index (χ1n) is 3.74. The van der Waals surface area contributed by atoms with Crippen LogP contribution in [0.15, 0.2) is 18.2 Å². The minimum absolute atomic E-state index is 0.167. The van der Waals surface area contributed by atoms with E-state index in [1.165, 1.54) is 12.1 Å². The number of esters is 1. The number of methoxy groups -OCH3 is 1. The summed E-state index contributed by atoms with van der Waals surface area (Å²) in [5.74, 6) is -2.62.